The lowest BCUT2D eigenvalue weighted by molar-refractivity contribution is 0.0626. The molecule has 1 aliphatic rings. The van der Waals surface area contributed by atoms with Gasteiger partial charge in [0.1, 0.15) is 29.8 Å². The Morgan fingerprint density at radius 3 is 2.60 bits per heavy atom. The molecule has 9 nitrogen and oxygen atoms in total. The van der Waals surface area contributed by atoms with Crippen molar-refractivity contribution in [3.8, 4) is 5.75 Å². The van der Waals surface area contributed by atoms with E-state index in [1.807, 2.05) is 0 Å². The normalized spacial score (nSPS) is 13.5. The molecule has 0 radical (unpaired) electrons. The Bertz CT molecular complexity index is 1360. The number of rotatable bonds is 7. The molecule has 0 spiro atoms. The first-order valence-corrected chi connectivity index (χ1v) is 11.0. The van der Waals surface area contributed by atoms with Gasteiger partial charge in [-0.05, 0) is 38.8 Å². The van der Waals surface area contributed by atoms with Crippen LogP contribution in [0.5, 0.6) is 5.75 Å². The molecule has 0 saturated heterocycles. The summed E-state index contributed by atoms with van der Waals surface area (Å²) in [5.41, 5.74) is -0.939. The fraction of sp³-hybridized carbons (Fsp3) is 0.333. The minimum absolute atomic E-state index is 0.0745. The number of amides is 1. The maximum absolute atomic E-state index is 14.0. The number of nitrogens with zero attached hydrogens (tertiary/aromatic N) is 4. The van der Waals surface area contributed by atoms with Crippen LogP contribution in [-0.4, -0.2) is 44.2 Å². The molecule has 4 rings (SSSR count). The molecule has 0 atom stereocenters. The lowest BCUT2D eigenvalue weighted by Gasteiger charge is -2.41. The number of fused-ring (bicyclic) bond motifs is 1. The molecule has 1 aliphatic heterocycles. The number of halogens is 2. The Hall–Kier alpha value is -4.02. The molecule has 184 valence electrons. The largest absolute Gasteiger partial charge is 0.502 e. The second kappa shape index (κ2) is 9.32. The highest BCUT2D eigenvalue weighted by Crippen LogP contribution is 2.24. The van der Waals surface area contributed by atoms with Crippen molar-refractivity contribution in [1.29, 1.82) is 0 Å². The van der Waals surface area contributed by atoms with Crippen LogP contribution in [0, 0.1) is 18.6 Å². The zero-order valence-electron chi connectivity index (χ0n) is 19.4. The van der Waals surface area contributed by atoms with E-state index in [1.165, 1.54) is 21.8 Å². The summed E-state index contributed by atoms with van der Waals surface area (Å²) in [6, 6.07) is 4.50. The van der Waals surface area contributed by atoms with E-state index in [-0.39, 0.29) is 48.9 Å². The maximum atomic E-state index is 14.0. The Kier molecular flexibility index (Phi) is 6.42. The van der Waals surface area contributed by atoms with Gasteiger partial charge in [-0.1, -0.05) is 11.2 Å². The van der Waals surface area contributed by atoms with Crippen LogP contribution in [0.15, 0.2) is 39.8 Å². The van der Waals surface area contributed by atoms with Crippen molar-refractivity contribution in [3.05, 3.63) is 80.6 Å². The first-order valence-electron chi connectivity index (χ1n) is 11.0. The lowest BCUT2D eigenvalue weighted by Crippen LogP contribution is -2.56. The molecular weight excluding hydrogens is 462 g/mol. The molecule has 3 heterocycles. The number of ketones is 1. The molecule has 0 unspecified atom stereocenters. The van der Waals surface area contributed by atoms with Gasteiger partial charge < -0.3 is 14.5 Å². The van der Waals surface area contributed by atoms with Gasteiger partial charge in [-0.3, -0.25) is 24.1 Å². The second-order valence-electron chi connectivity index (χ2n) is 8.68. The van der Waals surface area contributed by atoms with Crippen LogP contribution in [0.1, 0.15) is 58.1 Å². The highest BCUT2D eigenvalue weighted by Gasteiger charge is 2.35. The van der Waals surface area contributed by atoms with Crippen LogP contribution in [0.3, 0.4) is 0 Å². The third kappa shape index (κ3) is 4.66. The first kappa shape index (κ1) is 24.1. The summed E-state index contributed by atoms with van der Waals surface area (Å²) in [6.45, 7) is 5.60. The van der Waals surface area contributed by atoms with Gasteiger partial charge in [0, 0.05) is 30.8 Å². The van der Waals surface area contributed by atoms with Crippen molar-refractivity contribution in [2.24, 2.45) is 0 Å². The summed E-state index contributed by atoms with van der Waals surface area (Å²) in [7, 11) is 0. The number of carbonyl (C=O) groups is 2. The third-order valence-electron chi connectivity index (χ3n) is 5.83. The molecule has 3 aromatic rings. The van der Waals surface area contributed by atoms with Gasteiger partial charge in [-0.25, -0.2) is 8.78 Å². The quantitative estimate of drug-likeness (QED) is 0.512. The van der Waals surface area contributed by atoms with Gasteiger partial charge in [-0.15, -0.1) is 0 Å². The number of aromatic nitrogens is 2. The highest BCUT2D eigenvalue weighted by atomic mass is 19.1. The number of carbonyl (C=O) groups excluding carboxylic acids is 2. The average Bonchev–Trinajstić information content (AvgIpc) is 3.21. The van der Waals surface area contributed by atoms with E-state index in [2.05, 4.69) is 5.16 Å². The van der Waals surface area contributed by atoms with Crippen LogP contribution in [0.2, 0.25) is 0 Å². The standard InChI is InChI=1S/C24H24F2N4O5/c1-13(2)29-12-28(10-17-8-14(3)35-27-17)30-11-18(22(32)23(33)21(30)24(29)34)20(31)7-5-15-4-6-16(25)9-19(15)26/h4,6,8-9,11,13,33H,5,7,10,12H2,1-3H3. The molecule has 0 fully saturated rings. The predicted octanol–water partition coefficient (Wildman–Crippen LogP) is 2.90. The molecule has 0 aliphatic carbocycles. The van der Waals surface area contributed by atoms with Crippen molar-refractivity contribution >= 4 is 11.7 Å². The van der Waals surface area contributed by atoms with E-state index in [0.29, 0.717) is 11.5 Å². The lowest BCUT2D eigenvalue weighted by atomic mass is 10.0. The monoisotopic (exact) mass is 486 g/mol. The Balaban J connectivity index is 1.71. The van der Waals surface area contributed by atoms with E-state index in [9.17, 15) is 28.3 Å². The summed E-state index contributed by atoms with van der Waals surface area (Å²) in [4.78, 5) is 40.3. The van der Waals surface area contributed by atoms with Gasteiger partial charge in [0.15, 0.2) is 17.2 Å². The number of benzene rings is 1. The van der Waals surface area contributed by atoms with E-state index in [0.717, 1.165) is 12.1 Å². The molecule has 0 bridgehead atoms. The second-order valence-corrected chi connectivity index (χ2v) is 8.68. The summed E-state index contributed by atoms with van der Waals surface area (Å²) >= 11 is 0. The van der Waals surface area contributed by atoms with Crippen molar-refractivity contribution in [2.75, 3.05) is 11.7 Å². The zero-order valence-corrected chi connectivity index (χ0v) is 19.4. The van der Waals surface area contributed by atoms with Gasteiger partial charge in [0.2, 0.25) is 5.43 Å². The van der Waals surface area contributed by atoms with Crippen molar-refractivity contribution < 1.29 is 28.0 Å². The summed E-state index contributed by atoms with van der Waals surface area (Å²) in [5.74, 6) is -3.01. The number of aromatic hydroxyl groups is 1. The number of hydrogen-bond acceptors (Lipinski definition) is 7. The molecule has 1 amide bonds. The summed E-state index contributed by atoms with van der Waals surface area (Å²) < 4.78 is 33.5. The van der Waals surface area contributed by atoms with E-state index in [1.54, 1.807) is 31.8 Å². The van der Waals surface area contributed by atoms with E-state index < -0.39 is 34.5 Å². The van der Waals surface area contributed by atoms with Crippen LogP contribution < -0.4 is 10.4 Å². The molecule has 35 heavy (non-hydrogen) atoms. The molecule has 11 heteroatoms. The van der Waals surface area contributed by atoms with E-state index >= 15 is 0 Å². The van der Waals surface area contributed by atoms with Gasteiger partial charge in [0.25, 0.3) is 5.91 Å². The molecule has 1 aromatic carbocycles. The Labute approximate surface area is 199 Å². The fourth-order valence-corrected chi connectivity index (χ4v) is 3.97. The average molecular weight is 486 g/mol. The SMILES string of the molecule is Cc1cc(CN2CN(C(C)C)C(=O)c3c(O)c(=O)c(C(=O)CCc4ccc(F)cc4F)cn32)no1. The van der Waals surface area contributed by atoms with Crippen LogP contribution in [0.25, 0.3) is 0 Å². The van der Waals surface area contributed by atoms with Gasteiger partial charge in [0.05, 0.1) is 12.1 Å². The number of pyridine rings is 1. The van der Waals surface area contributed by atoms with Crippen molar-refractivity contribution in [3.63, 3.8) is 0 Å². The fourth-order valence-electron chi connectivity index (χ4n) is 3.97. The van der Waals surface area contributed by atoms with Gasteiger partial charge >= 0.3 is 0 Å². The predicted molar refractivity (Wildman–Crippen MR) is 121 cm³/mol. The molecule has 2 aromatic heterocycles. The number of aryl methyl sites for hydroxylation is 2. The van der Waals surface area contributed by atoms with Gasteiger partial charge in [-0.2, -0.15) is 0 Å². The molecule has 1 N–H and O–H groups in total. The van der Waals surface area contributed by atoms with Crippen LogP contribution in [-0.2, 0) is 13.0 Å². The number of Topliss-reactive ketones (excluding diaryl/α,β-unsaturated/α-hetero) is 1. The number of hydrogen-bond donors (Lipinski definition) is 1. The minimum atomic E-state index is -0.989. The minimum Gasteiger partial charge on any atom is -0.502 e. The maximum Gasteiger partial charge on any atom is 0.278 e. The topological polar surface area (TPSA) is 109 Å². The Morgan fingerprint density at radius 1 is 1.23 bits per heavy atom. The Morgan fingerprint density at radius 2 is 1.97 bits per heavy atom. The van der Waals surface area contributed by atoms with Crippen LogP contribution in [0.4, 0.5) is 8.78 Å². The van der Waals surface area contributed by atoms with E-state index in [4.69, 9.17) is 4.52 Å². The van der Waals surface area contributed by atoms with Crippen molar-refractivity contribution in [1.82, 2.24) is 14.7 Å². The summed E-state index contributed by atoms with van der Waals surface area (Å²) in [5, 5.41) is 16.3. The van der Waals surface area contributed by atoms with Crippen molar-refractivity contribution in [2.45, 2.75) is 46.2 Å². The third-order valence-corrected chi connectivity index (χ3v) is 5.83. The first-order chi connectivity index (χ1) is 16.6. The highest BCUT2D eigenvalue weighted by molar-refractivity contribution is 6.00. The zero-order chi connectivity index (χ0) is 25.4. The summed E-state index contributed by atoms with van der Waals surface area (Å²) in [6.07, 6.45) is 0.878. The smallest absolute Gasteiger partial charge is 0.278 e. The molecular formula is C24H24F2N4O5. The van der Waals surface area contributed by atoms with Crippen LogP contribution >= 0.6 is 0 Å². The molecule has 0 saturated carbocycles.